The molecule has 2 saturated heterocycles. The van der Waals surface area contributed by atoms with E-state index < -0.39 is 47.7 Å². The summed E-state index contributed by atoms with van der Waals surface area (Å²) in [5.74, 6) is -3.46. The average molecular weight is 518 g/mol. The van der Waals surface area contributed by atoms with Gasteiger partial charge in [0.15, 0.2) is 0 Å². The first kappa shape index (κ1) is 27.3. The summed E-state index contributed by atoms with van der Waals surface area (Å²) in [6.45, 7) is 9.37. The molecule has 10 heteroatoms. The van der Waals surface area contributed by atoms with Crippen molar-refractivity contribution in [3.63, 3.8) is 0 Å². The molecule has 0 aromatic rings. The largest absolute Gasteiger partial charge is 0.460 e. The van der Waals surface area contributed by atoms with Crippen molar-refractivity contribution >= 4 is 23.7 Å². The van der Waals surface area contributed by atoms with E-state index in [2.05, 4.69) is 5.32 Å². The van der Waals surface area contributed by atoms with Crippen molar-refractivity contribution in [2.24, 2.45) is 17.8 Å². The fraction of sp³-hybridized carbons (Fsp3) is 0.704. The van der Waals surface area contributed by atoms with Crippen molar-refractivity contribution in [3.8, 4) is 0 Å². The molecule has 5 bridgehead atoms. The van der Waals surface area contributed by atoms with Crippen molar-refractivity contribution in [1.29, 1.82) is 0 Å². The van der Waals surface area contributed by atoms with Crippen molar-refractivity contribution in [3.05, 3.63) is 24.3 Å². The average Bonchev–Trinajstić information content (AvgIpc) is 3.47. The second-order valence-corrected chi connectivity index (χ2v) is 11.1. The Bertz CT molecular complexity index is 992. The lowest BCUT2D eigenvalue weighted by atomic mass is 9.74. The van der Waals surface area contributed by atoms with Crippen LogP contribution < -0.4 is 5.32 Å². The summed E-state index contributed by atoms with van der Waals surface area (Å²) in [5, 5.41) is 13.1. The molecule has 0 radical (unpaired) electrons. The number of carbonyl (C=O) groups excluding carboxylic acids is 4. The van der Waals surface area contributed by atoms with Crippen LogP contribution in [0.15, 0.2) is 24.3 Å². The molecule has 4 heterocycles. The Labute approximate surface area is 218 Å². The third-order valence-electron chi connectivity index (χ3n) is 7.95. The fourth-order valence-electron chi connectivity index (χ4n) is 6.03. The highest BCUT2D eigenvalue weighted by Crippen LogP contribution is 2.56. The predicted octanol–water partition coefficient (Wildman–Crippen LogP) is 0.789. The molecule has 0 aliphatic carbocycles. The minimum atomic E-state index is -1.33. The lowest BCUT2D eigenvalue weighted by Crippen LogP contribution is -2.60. The molecule has 7 atom stereocenters. The Kier molecular flexibility index (Phi) is 7.80. The van der Waals surface area contributed by atoms with E-state index in [1.54, 1.807) is 24.0 Å². The summed E-state index contributed by atoms with van der Waals surface area (Å²) in [4.78, 5) is 57.1. The van der Waals surface area contributed by atoms with Crippen LogP contribution in [0, 0.1) is 17.8 Å². The van der Waals surface area contributed by atoms with E-state index >= 15 is 0 Å². The molecule has 10 nitrogen and oxygen atoms in total. The van der Waals surface area contributed by atoms with E-state index in [4.69, 9.17) is 9.47 Å². The molecule has 204 valence electrons. The van der Waals surface area contributed by atoms with Crippen LogP contribution in [-0.4, -0.2) is 94.2 Å². The molecule has 0 unspecified atom stereocenters. The summed E-state index contributed by atoms with van der Waals surface area (Å²) >= 11 is 0. The van der Waals surface area contributed by atoms with Gasteiger partial charge in [-0.15, -0.1) is 0 Å². The third kappa shape index (κ3) is 4.69. The maximum absolute atomic E-state index is 14.3. The minimum Gasteiger partial charge on any atom is -0.460 e. The Balaban J connectivity index is 1.81. The van der Waals surface area contributed by atoms with Gasteiger partial charge in [-0.1, -0.05) is 38.2 Å². The monoisotopic (exact) mass is 517 g/mol. The quantitative estimate of drug-likeness (QED) is 0.417. The molecule has 2 fully saturated rings. The van der Waals surface area contributed by atoms with Crippen LogP contribution in [0.25, 0.3) is 0 Å². The van der Waals surface area contributed by atoms with Crippen molar-refractivity contribution in [1.82, 2.24) is 15.1 Å². The standard InChI is InChI=1S/C27H39N3O7/c1-15(2)18(14-31)30-23-25(34)29(16(3)4)12-8-6-7-9-20(32)28-13-17(5)36-26(35)21-19-10-11-27(23,37-19)22(21)24(30)33/h6,8,10-11,15-19,21-23,31H,7,9,12-14H2,1-5H3,(H,28,32)/b8-6-/t17-,18-,19+,21-,22-,23+,27-/m0/s1. The molecule has 4 aliphatic heterocycles. The lowest BCUT2D eigenvalue weighted by Gasteiger charge is -2.41. The number of likely N-dealkylation sites (tertiary alicyclic amines) is 1. The van der Waals surface area contributed by atoms with Crippen molar-refractivity contribution in [2.45, 2.75) is 83.4 Å². The van der Waals surface area contributed by atoms with E-state index in [9.17, 15) is 24.3 Å². The van der Waals surface area contributed by atoms with Gasteiger partial charge in [-0.25, -0.2) is 0 Å². The highest BCUT2D eigenvalue weighted by atomic mass is 16.6. The van der Waals surface area contributed by atoms with Crippen LogP contribution in [0.5, 0.6) is 0 Å². The number of rotatable bonds is 4. The summed E-state index contributed by atoms with van der Waals surface area (Å²) in [5.41, 5.74) is -1.33. The maximum Gasteiger partial charge on any atom is 0.313 e. The zero-order valence-electron chi connectivity index (χ0n) is 22.3. The number of cyclic esters (lactones) is 1. The van der Waals surface area contributed by atoms with Gasteiger partial charge in [0.05, 0.1) is 31.2 Å². The zero-order chi connectivity index (χ0) is 27.1. The second-order valence-electron chi connectivity index (χ2n) is 11.1. The van der Waals surface area contributed by atoms with Crippen LogP contribution in [-0.2, 0) is 28.7 Å². The number of amides is 3. The van der Waals surface area contributed by atoms with Crippen LogP contribution in [0.1, 0.15) is 47.5 Å². The fourth-order valence-corrected chi connectivity index (χ4v) is 6.03. The number of hydrogen-bond donors (Lipinski definition) is 2. The first-order valence-electron chi connectivity index (χ1n) is 13.3. The van der Waals surface area contributed by atoms with Gasteiger partial charge >= 0.3 is 5.97 Å². The van der Waals surface area contributed by atoms with Crippen molar-refractivity contribution < 1.29 is 33.8 Å². The van der Waals surface area contributed by atoms with Gasteiger partial charge in [0.25, 0.3) is 0 Å². The Morgan fingerprint density at radius 1 is 1.14 bits per heavy atom. The Morgan fingerprint density at radius 2 is 1.86 bits per heavy atom. The number of hydrogen-bond acceptors (Lipinski definition) is 7. The first-order chi connectivity index (χ1) is 17.5. The summed E-state index contributed by atoms with van der Waals surface area (Å²) in [6.07, 6.45) is 6.68. The van der Waals surface area contributed by atoms with Gasteiger partial charge in [0, 0.05) is 19.0 Å². The van der Waals surface area contributed by atoms with Crippen LogP contribution >= 0.6 is 0 Å². The van der Waals surface area contributed by atoms with E-state index in [0.29, 0.717) is 13.0 Å². The van der Waals surface area contributed by atoms with E-state index in [1.807, 2.05) is 39.8 Å². The highest BCUT2D eigenvalue weighted by molar-refractivity contribution is 5.99. The van der Waals surface area contributed by atoms with Crippen molar-refractivity contribution in [2.75, 3.05) is 19.7 Å². The smallest absolute Gasteiger partial charge is 0.313 e. The highest BCUT2D eigenvalue weighted by Gasteiger charge is 2.74. The predicted molar refractivity (Wildman–Crippen MR) is 134 cm³/mol. The molecule has 37 heavy (non-hydrogen) atoms. The number of allylic oxidation sites excluding steroid dienone is 1. The molecule has 4 aliphatic rings. The molecule has 0 saturated carbocycles. The maximum atomic E-state index is 14.3. The summed E-state index contributed by atoms with van der Waals surface area (Å²) in [7, 11) is 0. The van der Waals surface area contributed by atoms with Gasteiger partial charge in [-0.3, -0.25) is 19.2 Å². The molecule has 0 aromatic carbocycles. The van der Waals surface area contributed by atoms with Crippen LogP contribution in [0.2, 0.25) is 0 Å². The number of fused-ring (bicyclic) bond motifs is 2. The van der Waals surface area contributed by atoms with Gasteiger partial charge < -0.3 is 29.7 Å². The van der Waals surface area contributed by atoms with Gasteiger partial charge in [-0.2, -0.15) is 0 Å². The first-order valence-corrected chi connectivity index (χ1v) is 13.3. The number of ether oxygens (including phenoxy) is 2. The number of nitrogens with one attached hydrogen (secondary N) is 1. The number of aliphatic hydroxyl groups excluding tert-OH is 1. The molecular weight excluding hydrogens is 478 g/mol. The van der Waals surface area contributed by atoms with E-state index in [0.717, 1.165) is 0 Å². The van der Waals surface area contributed by atoms with Crippen LogP contribution in [0.3, 0.4) is 0 Å². The number of esters is 1. The normalized spacial score (nSPS) is 36.3. The lowest BCUT2D eigenvalue weighted by molar-refractivity contribution is -0.160. The number of nitrogens with zero attached hydrogens (tertiary/aromatic N) is 2. The third-order valence-corrected chi connectivity index (χ3v) is 7.95. The molecule has 3 amide bonds. The SMILES string of the molecule is CC(C)[C@H](CO)N1C(=O)[C@@H]2[C@H]3C(=O)O[C@@H](C)CNC(=O)CC/C=C\CN(C(C)C)C(=O)[C@@H]1[C@]21C=C[C@H]3O1. The molecule has 2 N–H and O–H groups in total. The van der Waals surface area contributed by atoms with Crippen LogP contribution in [0.4, 0.5) is 0 Å². The summed E-state index contributed by atoms with van der Waals surface area (Å²) < 4.78 is 12.0. The number of carbonyl (C=O) groups is 4. The second kappa shape index (κ2) is 10.6. The zero-order valence-corrected chi connectivity index (χ0v) is 22.3. The van der Waals surface area contributed by atoms with Gasteiger partial charge in [-0.05, 0) is 33.1 Å². The molecule has 1 spiro atoms. The minimum absolute atomic E-state index is 0.139. The van der Waals surface area contributed by atoms with E-state index in [-0.39, 0.29) is 49.3 Å². The van der Waals surface area contributed by atoms with Gasteiger partial charge in [0.2, 0.25) is 17.7 Å². The summed E-state index contributed by atoms with van der Waals surface area (Å²) in [6, 6.07) is -1.85. The van der Waals surface area contributed by atoms with Gasteiger partial charge in [0.1, 0.15) is 23.7 Å². The Morgan fingerprint density at radius 3 is 2.51 bits per heavy atom. The topological polar surface area (TPSA) is 125 Å². The molecule has 0 aromatic heterocycles. The molecule has 4 rings (SSSR count). The number of aliphatic hydroxyl groups is 1. The van der Waals surface area contributed by atoms with E-state index in [1.165, 1.54) is 4.90 Å². The molecular formula is C27H39N3O7. The Hall–Kier alpha value is -2.72.